The second-order valence-electron chi connectivity index (χ2n) is 5.58. The molecule has 3 rings (SSSR count). The molecule has 1 atom stereocenters. The van der Waals surface area contributed by atoms with Crippen molar-refractivity contribution < 1.29 is 22.7 Å². The van der Waals surface area contributed by atoms with Crippen LogP contribution >= 0.6 is 0 Å². The lowest BCUT2D eigenvalue weighted by Gasteiger charge is -2.06. The number of aliphatic hydroxyl groups is 1. The molecule has 1 aromatic heterocycles. The van der Waals surface area contributed by atoms with Crippen molar-refractivity contribution in [2.24, 2.45) is 0 Å². The molecule has 0 spiro atoms. The lowest BCUT2D eigenvalue weighted by atomic mass is 10.1. The Morgan fingerprint density at radius 3 is 2.18 bits per heavy atom. The molecule has 3 nitrogen and oxygen atoms in total. The van der Waals surface area contributed by atoms with Gasteiger partial charge in [0.1, 0.15) is 0 Å². The maximum absolute atomic E-state index is 12.6. The van der Waals surface area contributed by atoms with Gasteiger partial charge in [0, 0.05) is 11.1 Å². The highest BCUT2D eigenvalue weighted by molar-refractivity contribution is 5.54. The van der Waals surface area contributed by atoms with Crippen LogP contribution in [0.5, 0.6) is 0 Å². The van der Waals surface area contributed by atoms with E-state index in [1.54, 1.807) is 19.1 Å². The number of alkyl halides is 3. The molecular formula is C22H20F3NO2. The lowest BCUT2D eigenvalue weighted by Crippen LogP contribution is -2.03. The topological polar surface area (TPSA) is 46.3 Å². The van der Waals surface area contributed by atoms with Crippen LogP contribution in [0.15, 0.2) is 59.0 Å². The molecular weight excluding hydrogens is 367 g/mol. The van der Waals surface area contributed by atoms with Crippen molar-refractivity contribution in [3.8, 4) is 23.3 Å². The van der Waals surface area contributed by atoms with Gasteiger partial charge in [-0.2, -0.15) is 13.2 Å². The number of rotatable bonds is 2. The Morgan fingerprint density at radius 1 is 1.00 bits per heavy atom. The maximum Gasteiger partial charge on any atom is 0.416 e. The number of aromatic nitrogens is 1. The van der Waals surface area contributed by atoms with Gasteiger partial charge in [0.25, 0.3) is 0 Å². The first kappa shape index (κ1) is 21.3. The van der Waals surface area contributed by atoms with Gasteiger partial charge in [-0.05, 0) is 43.3 Å². The first-order valence-electron chi connectivity index (χ1n) is 8.74. The smallest absolute Gasteiger partial charge is 0.416 e. The van der Waals surface area contributed by atoms with Gasteiger partial charge in [-0.25, -0.2) is 4.98 Å². The Labute approximate surface area is 161 Å². The van der Waals surface area contributed by atoms with E-state index in [-0.39, 0.29) is 11.7 Å². The fourth-order valence-electron chi connectivity index (χ4n) is 2.33. The van der Waals surface area contributed by atoms with Gasteiger partial charge in [-0.1, -0.05) is 43.9 Å². The van der Waals surface area contributed by atoms with E-state index >= 15 is 0 Å². The Balaban J connectivity index is 0.00000136. The number of halogens is 3. The normalized spacial score (nSPS) is 11.7. The van der Waals surface area contributed by atoms with Crippen LogP contribution in [0.3, 0.4) is 0 Å². The van der Waals surface area contributed by atoms with Crippen LogP contribution in [0, 0.1) is 18.8 Å². The summed E-state index contributed by atoms with van der Waals surface area (Å²) in [5, 5.41) is 10.2. The van der Waals surface area contributed by atoms with Crippen LogP contribution in [-0.2, 0) is 6.18 Å². The monoisotopic (exact) mass is 387 g/mol. The van der Waals surface area contributed by atoms with Gasteiger partial charge in [0.05, 0.1) is 11.3 Å². The highest BCUT2D eigenvalue weighted by Gasteiger charge is 2.30. The average molecular weight is 387 g/mol. The lowest BCUT2D eigenvalue weighted by molar-refractivity contribution is -0.137. The number of nitrogens with zero attached hydrogens (tertiary/aromatic N) is 1. The van der Waals surface area contributed by atoms with Crippen molar-refractivity contribution >= 4 is 0 Å². The third-order valence-corrected chi connectivity index (χ3v) is 3.67. The summed E-state index contributed by atoms with van der Waals surface area (Å²) in [5.41, 5.74) is 0.801. The summed E-state index contributed by atoms with van der Waals surface area (Å²) in [6, 6.07) is 13.6. The summed E-state index contributed by atoms with van der Waals surface area (Å²) in [4.78, 5) is 4.17. The predicted molar refractivity (Wildman–Crippen MR) is 101 cm³/mol. The minimum atomic E-state index is -4.40. The molecule has 28 heavy (non-hydrogen) atoms. The Bertz CT molecular complexity index is 949. The molecule has 0 bridgehead atoms. The number of benzene rings is 2. The minimum absolute atomic E-state index is 0.131. The molecule has 0 fully saturated rings. The third kappa shape index (κ3) is 5.24. The van der Waals surface area contributed by atoms with Gasteiger partial charge >= 0.3 is 6.18 Å². The number of oxazole rings is 1. The van der Waals surface area contributed by atoms with E-state index < -0.39 is 17.8 Å². The fraction of sp³-hybridized carbons (Fsp3) is 0.227. The van der Waals surface area contributed by atoms with Crippen LogP contribution < -0.4 is 0 Å². The Morgan fingerprint density at radius 2 is 1.61 bits per heavy atom. The van der Waals surface area contributed by atoms with E-state index in [0.717, 1.165) is 17.7 Å². The van der Waals surface area contributed by atoms with E-state index in [1.165, 1.54) is 12.1 Å². The molecule has 146 valence electrons. The van der Waals surface area contributed by atoms with Crippen molar-refractivity contribution in [3.05, 3.63) is 77.2 Å². The molecule has 0 aliphatic carbocycles. The van der Waals surface area contributed by atoms with Gasteiger partial charge < -0.3 is 9.52 Å². The summed E-state index contributed by atoms with van der Waals surface area (Å²) >= 11 is 0. The van der Waals surface area contributed by atoms with Gasteiger partial charge in [-0.3, -0.25) is 0 Å². The van der Waals surface area contributed by atoms with Gasteiger partial charge in [-0.15, -0.1) is 0 Å². The van der Waals surface area contributed by atoms with Crippen LogP contribution in [0.25, 0.3) is 11.5 Å². The predicted octanol–water partition coefficient (Wildman–Crippen LogP) is 5.78. The highest BCUT2D eigenvalue weighted by atomic mass is 19.4. The van der Waals surface area contributed by atoms with Crippen molar-refractivity contribution in [1.82, 2.24) is 4.98 Å². The molecule has 6 heteroatoms. The second kappa shape index (κ2) is 9.25. The van der Waals surface area contributed by atoms with Gasteiger partial charge in [0.2, 0.25) is 5.89 Å². The zero-order valence-electron chi connectivity index (χ0n) is 15.7. The number of hydrogen-bond donors (Lipinski definition) is 1. The molecule has 0 aliphatic heterocycles. The van der Waals surface area contributed by atoms with E-state index in [0.29, 0.717) is 11.3 Å². The largest absolute Gasteiger partial charge is 0.437 e. The fourth-order valence-corrected chi connectivity index (χ4v) is 2.33. The molecule has 1 N–H and O–H groups in total. The number of hydrogen-bond acceptors (Lipinski definition) is 3. The van der Waals surface area contributed by atoms with Crippen molar-refractivity contribution in [2.45, 2.75) is 33.1 Å². The SMILES string of the molecule is CC.Cc1nc(-c2ccc(C(F)(F)F)cc2)oc1C(O)C#Cc1ccccc1. The van der Waals surface area contributed by atoms with Gasteiger partial charge in [0.15, 0.2) is 11.9 Å². The molecule has 1 unspecified atom stereocenters. The van der Waals surface area contributed by atoms with E-state index in [4.69, 9.17) is 4.42 Å². The summed E-state index contributed by atoms with van der Waals surface area (Å²) in [5.74, 6) is 5.80. The van der Waals surface area contributed by atoms with Crippen LogP contribution in [0.1, 0.15) is 42.5 Å². The molecule has 0 amide bonds. The first-order valence-corrected chi connectivity index (χ1v) is 8.74. The molecule has 0 radical (unpaired) electrons. The molecule has 0 saturated heterocycles. The second-order valence-corrected chi connectivity index (χ2v) is 5.58. The molecule has 0 saturated carbocycles. The Hall–Kier alpha value is -3.04. The summed E-state index contributed by atoms with van der Waals surface area (Å²) in [6.45, 7) is 5.64. The zero-order valence-corrected chi connectivity index (χ0v) is 15.7. The summed E-state index contributed by atoms with van der Waals surface area (Å²) in [7, 11) is 0. The summed E-state index contributed by atoms with van der Waals surface area (Å²) < 4.78 is 43.4. The zero-order chi connectivity index (χ0) is 20.7. The van der Waals surface area contributed by atoms with Crippen LogP contribution in [-0.4, -0.2) is 10.1 Å². The summed E-state index contributed by atoms with van der Waals surface area (Å²) in [6.07, 6.45) is -5.59. The maximum atomic E-state index is 12.6. The molecule has 1 heterocycles. The van der Waals surface area contributed by atoms with Crippen molar-refractivity contribution in [2.75, 3.05) is 0 Å². The highest BCUT2D eigenvalue weighted by Crippen LogP contribution is 2.31. The van der Waals surface area contributed by atoms with E-state index in [1.807, 2.05) is 32.0 Å². The third-order valence-electron chi connectivity index (χ3n) is 3.67. The quantitative estimate of drug-likeness (QED) is 0.567. The average Bonchev–Trinajstić information content (AvgIpc) is 3.10. The van der Waals surface area contributed by atoms with Crippen molar-refractivity contribution in [3.63, 3.8) is 0 Å². The molecule has 3 aromatic rings. The number of aryl methyl sites for hydroxylation is 1. The van der Waals surface area contributed by atoms with Crippen molar-refractivity contribution in [1.29, 1.82) is 0 Å². The number of aliphatic hydroxyl groups excluding tert-OH is 1. The minimum Gasteiger partial charge on any atom is -0.437 e. The standard InChI is InChI=1S/C20H14F3NO2.C2H6/c1-13-18(17(25)12-7-14-5-3-2-4-6-14)26-19(24-13)15-8-10-16(11-9-15)20(21,22)23;1-2/h2-6,8-11,17,25H,1H3;1-2H3. The molecule has 0 aliphatic rings. The van der Waals surface area contributed by atoms with Crippen LogP contribution in [0.4, 0.5) is 13.2 Å². The van der Waals surface area contributed by atoms with E-state index in [2.05, 4.69) is 16.8 Å². The van der Waals surface area contributed by atoms with Crippen LogP contribution in [0.2, 0.25) is 0 Å². The molecule has 2 aromatic carbocycles. The first-order chi connectivity index (χ1) is 13.3. The van der Waals surface area contributed by atoms with E-state index in [9.17, 15) is 18.3 Å². The Kier molecular flexibility index (Phi) is 7.02.